The number of rotatable bonds is 4. The number of hydrogen-bond donors (Lipinski definition) is 1. The fourth-order valence-electron chi connectivity index (χ4n) is 1.22. The van der Waals surface area contributed by atoms with Crippen LogP contribution in [-0.2, 0) is 10.9 Å². The molecule has 0 amide bonds. The van der Waals surface area contributed by atoms with Crippen LogP contribution in [0.2, 0.25) is 0 Å². The first-order valence-electron chi connectivity index (χ1n) is 4.73. The summed E-state index contributed by atoms with van der Waals surface area (Å²) in [6.45, 7) is 2.20. The third-order valence-electron chi connectivity index (χ3n) is 1.85. The summed E-state index contributed by atoms with van der Waals surface area (Å²) in [6.07, 6.45) is -4.41. The molecule has 3 nitrogen and oxygen atoms in total. The van der Waals surface area contributed by atoms with E-state index in [0.29, 0.717) is 6.61 Å². The van der Waals surface area contributed by atoms with Gasteiger partial charge in [0.25, 0.3) is 0 Å². The summed E-state index contributed by atoms with van der Waals surface area (Å²) >= 11 is 0. The molecule has 0 saturated heterocycles. The average molecular weight is 234 g/mol. The monoisotopic (exact) mass is 234 g/mol. The molecule has 0 bridgehead atoms. The molecule has 1 aromatic rings. The highest BCUT2D eigenvalue weighted by molar-refractivity contribution is 5.36. The van der Waals surface area contributed by atoms with Gasteiger partial charge in [-0.2, -0.15) is 13.2 Å². The Kier molecular flexibility index (Phi) is 4.12. The van der Waals surface area contributed by atoms with Crippen molar-refractivity contribution < 1.29 is 17.9 Å². The first kappa shape index (κ1) is 12.8. The second-order valence-electron chi connectivity index (χ2n) is 3.41. The summed E-state index contributed by atoms with van der Waals surface area (Å²) in [4.78, 5) is 3.47. The second-order valence-corrected chi connectivity index (χ2v) is 3.41. The van der Waals surface area contributed by atoms with Gasteiger partial charge in [-0.25, -0.2) is 4.98 Å². The van der Waals surface area contributed by atoms with Gasteiger partial charge >= 0.3 is 6.18 Å². The van der Waals surface area contributed by atoms with Crippen molar-refractivity contribution in [3.8, 4) is 0 Å². The van der Waals surface area contributed by atoms with Crippen LogP contribution in [0.3, 0.4) is 0 Å². The minimum Gasteiger partial charge on any atom is -0.383 e. The zero-order chi connectivity index (χ0) is 12.2. The number of nitrogens with one attached hydrogen (secondary N) is 1. The van der Waals surface area contributed by atoms with Crippen LogP contribution in [0.15, 0.2) is 18.2 Å². The molecule has 1 N–H and O–H groups in total. The summed E-state index contributed by atoms with van der Waals surface area (Å²) in [5.41, 5.74) is -0.901. The van der Waals surface area contributed by atoms with Gasteiger partial charge in [0.2, 0.25) is 0 Å². The SMILES string of the molecule is COCC(C)Nc1cccc(C(F)(F)F)n1. The molecule has 1 rings (SSSR count). The van der Waals surface area contributed by atoms with E-state index >= 15 is 0 Å². The predicted octanol–water partition coefficient (Wildman–Crippen LogP) is 2.55. The Morgan fingerprint density at radius 3 is 2.69 bits per heavy atom. The molecule has 0 fully saturated rings. The van der Waals surface area contributed by atoms with E-state index in [-0.39, 0.29) is 11.9 Å². The van der Waals surface area contributed by atoms with Crippen molar-refractivity contribution in [2.75, 3.05) is 19.0 Å². The van der Waals surface area contributed by atoms with Crippen molar-refractivity contribution in [3.63, 3.8) is 0 Å². The lowest BCUT2D eigenvalue weighted by molar-refractivity contribution is -0.141. The van der Waals surface area contributed by atoms with Gasteiger partial charge in [-0.3, -0.25) is 0 Å². The zero-order valence-corrected chi connectivity index (χ0v) is 9.01. The highest BCUT2D eigenvalue weighted by Gasteiger charge is 2.32. The topological polar surface area (TPSA) is 34.1 Å². The fourth-order valence-corrected chi connectivity index (χ4v) is 1.22. The summed E-state index contributed by atoms with van der Waals surface area (Å²) in [5.74, 6) is 0.194. The Bertz CT molecular complexity index is 341. The smallest absolute Gasteiger partial charge is 0.383 e. The number of methoxy groups -OCH3 is 1. The molecule has 0 aromatic carbocycles. The lowest BCUT2D eigenvalue weighted by Crippen LogP contribution is -2.22. The van der Waals surface area contributed by atoms with Gasteiger partial charge in [0.05, 0.1) is 6.61 Å². The minimum atomic E-state index is -4.41. The van der Waals surface area contributed by atoms with E-state index in [1.54, 1.807) is 6.92 Å². The first-order chi connectivity index (χ1) is 7.43. The van der Waals surface area contributed by atoms with E-state index in [9.17, 15) is 13.2 Å². The Morgan fingerprint density at radius 1 is 1.44 bits per heavy atom. The van der Waals surface area contributed by atoms with Crippen LogP contribution in [0.1, 0.15) is 12.6 Å². The van der Waals surface area contributed by atoms with Gasteiger partial charge in [-0.1, -0.05) is 6.07 Å². The summed E-state index contributed by atoms with van der Waals surface area (Å²) in [7, 11) is 1.53. The van der Waals surface area contributed by atoms with Gasteiger partial charge in [-0.15, -0.1) is 0 Å². The molecule has 0 aliphatic heterocycles. The maximum absolute atomic E-state index is 12.3. The molecule has 1 aromatic heterocycles. The van der Waals surface area contributed by atoms with Crippen molar-refractivity contribution in [1.29, 1.82) is 0 Å². The molecule has 1 unspecified atom stereocenters. The number of alkyl halides is 3. The minimum absolute atomic E-state index is 0.0963. The summed E-state index contributed by atoms with van der Waals surface area (Å²) in [6, 6.07) is 3.65. The maximum Gasteiger partial charge on any atom is 0.433 e. The normalized spacial score (nSPS) is 13.6. The van der Waals surface area contributed by atoms with E-state index in [0.717, 1.165) is 6.07 Å². The van der Waals surface area contributed by atoms with E-state index in [4.69, 9.17) is 4.74 Å². The second kappa shape index (κ2) is 5.16. The highest BCUT2D eigenvalue weighted by Crippen LogP contribution is 2.28. The van der Waals surface area contributed by atoms with Crippen LogP contribution in [0.5, 0.6) is 0 Å². The number of pyridine rings is 1. The zero-order valence-electron chi connectivity index (χ0n) is 9.01. The molecule has 1 heterocycles. The van der Waals surface area contributed by atoms with Crippen LogP contribution in [0, 0.1) is 0 Å². The van der Waals surface area contributed by atoms with Gasteiger partial charge in [0, 0.05) is 13.2 Å². The van der Waals surface area contributed by atoms with Crippen molar-refractivity contribution >= 4 is 5.82 Å². The summed E-state index contributed by atoms with van der Waals surface area (Å²) < 4.78 is 41.9. The van der Waals surface area contributed by atoms with Crippen molar-refractivity contribution in [2.24, 2.45) is 0 Å². The van der Waals surface area contributed by atoms with Crippen molar-refractivity contribution in [1.82, 2.24) is 4.98 Å². The Morgan fingerprint density at radius 2 is 2.12 bits per heavy atom. The molecule has 6 heteroatoms. The van der Waals surface area contributed by atoms with Crippen molar-refractivity contribution in [3.05, 3.63) is 23.9 Å². The molecular weight excluding hydrogens is 221 g/mol. The first-order valence-corrected chi connectivity index (χ1v) is 4.73. The number of anilines is 1. The average Bonchev–Trinajstić information content (AvgIpc) is 2.17. The molecular formula is C10H13F3N2O. The van der Waals surface area contributed by atoms with Crippen LogP contribution in [0.4, 0.5) is 19.0 Å². The quantitative estimate of drug-likeness (QED) is 0.869. The van der Waals surface area contributed by atoms with E-state index in [2.05, 4.69) is 10.3 Å². The number of aromatic nitrogens is 1. The van der Waals surface area contributed by atoms with Crippen LogP contribution in [-0.4, -0.2) is 24.7 Å². The number of halogens is 3. The van der Waals surface area contributed by atoms with Crippen molar-refractivity contribution in [2.45, 2.75) is 19.1 Å². The Balaban J connectivity index is 2.75. The lowest BCUT2D eigenvalue weighted by Gasteiger charge is -2.14. The summed E-state index contributed by atoms with van der Waals surface area (Å²) in [5, 5.41) is 2.82. The Hall–Kier alpha value is -1.30. The van der Waals surface area contributed by atoms with Crippen LogP contribution in [0.25, 0.3) is 0 Å². The number of ether oxygens (including phenoxy) is 1. The molecule has 0 aliphatic carbocycles. The van der Waals surface area contributed by atoms with E-state index < -0.39 is 11.9 Å². The van der Waals surface area contributed by atoms with Gasteiger partial charge in [-0.05, 0) is 19.1 Å². The molecule has 0 spiro atoms. The third kappa shape index (κ3) is 3.69. The van der Waals surface area contributed by atoms with Crippen LogP contribution < -0.4 is 5.32 Å². The maximum atomic E-state index is 12.3. The molecule has 0 radical (unpaired) electrons. The highest BCUT2D eigenvalue weighted by atomic mass is 19.4. The molecule has 0 aliphatic rings. The lowest BCUT2D eigenvalue weighted by atomic mass is 10.3. The number of hydrogen-bond acceptors (Lipinski definition) is 3. The fraction of sp³-hybridized carbons (Fsp3) is 0.500. The predicted molar refractivity (Wildman–Crippen MR) is 54.2 cm³/mol. The standard InChI is InChI=1S/C10H13F3N2O/c1-7(6-16-2)14-9-5-3-4-8(15-9)10(11,12)13/h3-5,7H,6H2,1-2H3,(H,14,15). The molecule has 90 valence electrons. The molecule has 1 atom stereocenters. The van der Waals surface area contributed by atoms with E-state index in [1.165, 1.54) is 19.2 Å². The van der Waals surface area contributed by atoms with E-state index in [1.807, 2.05) is 0 Å². The molecule has 0 saturated carbocycles. The largest absolute Gasteiger partial charge is 0.433 e. The van der Waals surface area contributed by atoms with Gasteiger partial charge < -0.3 is 10.1 Å². The Labute approximate surface area is 91.6 Å². The number of nitrogens with zero attached hydrogens (tertiary/aromatic N) is 1. The third-order valence-corrected chi connectivity index (χ3v) is 1.85. The van der Waals surface area contributed by atoms with Crippen LogP contribution >= 0.6 is 0 Å². The van der Waals surface area contributed by atoms with Gasteiger partial charge in [0.1, 0.15) is 11.5 Å². The molecule has 16 heavy (non-hydrogen) atoms. The van der Waals surface area contributed by atoms with Gasteiger partial charge in [0.15, 0.2) is 0 Å².